The van der Waals surface area contributed by atoms with Crippen molar-refractivity contribution >= 4 is 6.09 Å². The van der Waals surface area contributed by atoms with E-state index in [0.29, 0.717) is 4.90 Å². The van der Waals surface area contributed by atoms with Crippen LogP contribution < -0.4 is 0 Å². The maximum Gasteiger partial charge on any atom is 0.418 e. The molecule has 0 aliphatic rings. The normalized spacial score (nSPS) is 15.1. The summed E-state index contributed by atoms with van der Waals surface area (Å²) in [6.07, 6.45) is -6.04. The van der Waals surface area contributed by atoms with Gasteiger partial charge in [-0.15, -0.1) is 0 Å². The number of carbonyl (C=O) groups is 1. The number of likely N-dealkylation sites (N-methyl/N-ethyl adjacent to an activating group) is 1. The number of nitrogens with zero attached hydrogens (tertiary/aromatic N) is 1. The third-order valence-electron chi connectivity index (χ3n) is 3.19. The Morgan fingerprint density at radius 2 is 1.68 bits per heavy atom. The molecule has 0 saturated carbocycles. The highest BCUT2D eigenvalue weighted by atomic mass is 19.4. The third-order valence-corrected chi connectivity index (χ3v) is 3.19. The molecule has 0 spiro atoms. The summed E-state index contributed by atoms with van der Waals surface area (Å²) in [5.74, 6) is 0. The third kappa shape index (κ3) is 3.52. The minimum Gasteiger partial charge on any atom is -0.444 e. The Hall–Kier alpha value is -1.76. The molecule has 1 N–H and O–H groups in total. The first-order chi connectivity index (χ1) is 9.95. The van der Waals surface area contributed by atoms with Gasteiger partial charge in [-0.25, -0.2) is 4.79 Å². The van der Waals surface area contributed by atoms with E-state index in [9.17, 15) is 23.1 Å². The number of aliphatic hydroxyl groups excluding tert-OH is 1. The second-order valence-electron chi connectivity index (χ2n) is 5.92. The second kappa shape index (κ2) is 6.16. The fourth-order valence-electron chi connectivity index (χ4n) is 2.03. The summed E-state index contributed by atoms with van der Waals surface area (Å²) in [5.41, 5.74) is -4.05. The van der Waals surface area contributed by atoms with Gasteiger partial charge in [-0.05, 0) is 26.3 Å². The molecule has 0 aliphatic carbocycles. The maximum atomic E-state index is 13.7. The monoisotopic (exact) mass is 319 g/mol. The predicted octanol–water partition coefficient (Wildman–Crippen LogP) is 3.30. The van der Waals surface area contributed by atoms with Crippen LogP contribution in [0.15, 0.2) is 30.3 Å². The van der Waals surface area contributed by atoms with Crippen LogP contribution in [0.2, 0.25) is 0 Å². The van der Waals surface area contributed by atoms with Crippen LogP contribution >= 0.6 is 0 Å². The van der Waals surface area contributed by atoms with E-state index in [0.717, 1.165) is 7.05 Å². The van der Waals surface area contributed by atoms with Gasteiger partial charge in [0.15, 0.2) is 5.54 Å². The Labute approximate surface area is 127 Å². The molecule has 124 valence electrons. The SMILES string of the molecule is CN(C(=O)OC(C)(C)C)C(CO)(c1ccccc1)C(F)(F)F. The first-order valence-electron chi connectivity index (χ1n) is 6.65. The molecule has 0 bridgehead atoms. The van der Waals surface area contributed by atoms with Gasteiger partial charge in [-0.3, -0.25) is 4.90 Å². The molecule has 0 radical (unpaired) electrons. The number of ether oxygens (including phenoxy) is 1. The van der Waals surface area contributed by atoms with E-state index in [1.54, 1.807) is 26.8 Å². The first kappa shape index (κ1) is 18.3. The highest BCUT2D eigenvalue weighted by Crippen LogP contribution is 2.43. The highest BCUT2D eigenvalue weighted by molar-refractivity contribution is 5.69. The minimum atomic E-state index is -4.88. The summed E-state index contributed by atoms with van der Waals surface area (Å²) in [4.78, 5) is 12.5. The Kier molecular flexibility index (Phi) is 5.12. The number of aliphatic hydroxyl groups is 1. The maximum absolute atomic E-state index is 13.7. The Morgan fingerprint density at radius 3 is 2.05 bits per heavy atom. The van der Waals surface area contributed by atoms with Crippen molar-refractivity contribution in [2.75, 3.05) is 13.7 Å². The van der Waals surface area contributed by atoms with Crippen molar-refractivity contribution in [1.82, 2.24) is 4.90 Å². The van der Waals surface area contributed by atoms with Crippen molar-refractivity contribution in [2.45, 2.75) is 38.1 Å². The summed E-state index contributed by atoms with van der Waals surface area (Å²) in [6.45, 7) is 3.34. The Morgan fingerprint density at radius 1 is 1.18 bits per heavy atom. The summed E-state index contributed by atoms with van der Waals surface area (Å²) in [7, 11) is 0.963. The van der Waals surface area contributed by atoms with Crippen LogP contribution in [0.1, 0.15) is 26.3 Å². The van der Waals surface area contributed by atoms with E-state index < -0.39 is 30.0 Å². The molecule has 1 atom stereocenters. The van der Waals surface area contributed by atoms with Gasteiger partial charge >= 0.3 is 12.3 Å². The zero-order valence-electron chi connectivity index (χ0n) is 12.9. The quantitative estimate of drug-likeness (QED) is 0.930. The van der Waals surface area contributed by atoms with Gasteiger partial charge in [0.05, 0.1) is 6.61 Å². The zero-order valence-corrected chi connectivity index (χ0v) is 12.9. The lowest BCUT2D eigenvalue weighted by molar-refractivity contribution is -0.240. The van der Waals surface area contributed by atoms with Gasteiger partial charge in [-0.1, -0.05) is 30.3 Å². The summed E-state index contributed by atoms with van der Waals surface area (Å²) < 4.78 is 46.1. The molecule has 7 heteroatoms. The van der Waals surface area contributed by atoms with Gasteiger partial charge in [0.1, 0.15) is 5.60 Å². The molecule has 0 fully saturated rings. The predicted molar refractivity (Wildman–Crippen MR) is 75.3 cm³/mol. The van der Waals surface area contributed by atoms with Crippen molar-refractivity contribution in [3.63, 3.8) is 0 Å². The molecule has 0 heterocycles. The molecule has 22 heavy (non-hydrogen) atoms. The zero-order chi connectivity index (χ0) is 17.2. The molecule has 1 aromatic rings. The molecule has 1 rings (SSSR count). The van der Waals surface area contributed by atoms with Crippen LogP contribution in [-0.4, -0.2) is 41.5 Å². The van der Waals surface area contributed by atoms with Crippen LogP contribution in [0.5, 0.6) is 0 Å². The van der Waals surface area contributed by atoms with Gasteiger partial charge in [0.2, 0.25) is 0 Å². The molecule has 0 aromatic heterocycles. The van der Waals surface area contributed by atoms with Gasteiger partial charge < -0.3 is 9.84 Å². The average molecular weight is 319 g/mol. The molecule has 1 amide bonds. The first-order valence-corrected chi connectivity index (χ1v) is 6.65. The largest absolute Gasteiger partial charge is 0.444 e. The molecule has 1 unspecified atom stereocenters. The second-order valence-corrected chi connectivity index (χ2v) is 5.92. The van der Waals surface area contributed by atoms with Crippen LogP contribution in [0.3, 0.4) is 0 Å². The smallest absolute Gasteiger partial charge is 0.418 e. The van der Waals surface area contributed by atoms with Crippen LogP contribution in [-0.2, 0) is 10.3 Å². The van der Waals surface area contributed by atoms with Crippen molar-refractivity contribution in [1.29, 1.82) is 0 Å². The van der Waals surface area contributed by atoms with E-state index in [1.807, 2.05) is 0 Å². The summed E-state index contributed by atoms with van der Waals surface area (Å²) in [5, 5.41) is 9.51. The van der Waals surface area contributed by atoms with Crippen molar-refractivity contribution < 1.29 is 27.8 Å². The van der Waals surface area contributed by atoms with Crippen LogP contribution in [0.4, 0.5) is 18.0 Å². The Balaban J connectivity index is 3.36. The van der Waals surface area contributed by atoms with Gasteiger partial charge in [0, 0.05) is 7.05 Å². The number of benzene rings is 1. The van der Waals surface area contributed by atoms with Crippen molar-refractivity contribution in [2.24, 2.45) is 0 Å². The number of hydrogen-bond acceptors (Lipinski definition) is 3. The molecular weight excluding hydrogens is 299 g/mol. The summed E-state index contributed by atoms with van der Waals surface area (Å²) >= 11 is 0. The van der Waals surface area contributed by atoms with Crippen molar-refractivity contribution in [3.05, 3.63) is 35.9 Å². The minimum absolute atomic E-state index is 0.238. The molecule has 0 saturated heterocycles. The molecule has 0 aliphatic heterocycles. The van der Waals surface area contributed by atoms with Crippen molar-refractivity contribution in [3.8, 4) is 0 Å². The Bertz CT molecular complexity index is 511. The van der Waals surface area contributed by atoms with Gasteiger partial charge in [0.25, 0.3) is 0 Å². The number of amides is 1. The number of hydrogen-bond donors (Lipinski definition) is 1. The van der Waals surface area contributed by atoms with E-state index >= 15 is 0 Å². The standard InChI is InChI=1S/C15H20F3NO3/c1-13(2,3)22-12(21)19(4)14(10-20,15(16,17)18)11-8-6-5-7-9-11/h5-9,20H,10H2,1-4H3. The highest BCUT2D eigenvalue weighted by Gasteiger charge is 2.60. The lowest BCUT2D eigenvalue weighted by Crippen LogP contribution is -2.59. The van der Waals surface area contributed by atoms with E-state index in [1.165, 1.54) is 24.3 Å². The number of alkyl halides is 3. The number of rotatable bonds is 3. The molecular formula is C15H20F3NO3. The fraction of sp³-hybridized carbons (Fsp3) is 0.533. The molecule has 1 aromatic carbocycles. The van der Waals surface area contributed by atoms with Crippen LogP contribution in [0.25, 0.3) is 0 Å². The lowest BCUT2D eigenvalue weighted by atomic mass is 9.88. The van der Waals surface area contributed by atoms with Crippen LogP contribution in [0, 0.1) is 0 Å². The van der Waals surface area contributed by atoms with E-state index in [4.69, 9.17) is 4.74 Å². The topological polar surface area (TPSA) is 49.8 Å². The average Bonchev–Trinajstić information content (AvgIpc) is 2.37. The number of carbonyl (C=O) groups excluding carboxylic acids is 1. The van der Waals surface area contributed by atoms with E-state index in [2.05, 4.69) is 0 Å². The number of halogens is 3. The fourth-order valence-corrected chi connectivity index (χ4v) is 2.03. The van der Waals surface area contributed by atoms with E-state index in [-0.39, 0.29) is 5.56 Å². The lowest BCUT2D eigenvalue weighted by Gasteiger charge is -2.42. The van der Waals surface area contributed by atoms with Gasteiger partial charge in [-0.2, -0.15) is 13.2 Å². The summed E-state index contributed by atoms with van der Waals surface area (Å²) in [6, 6.07) is 6.80. The molecule has 4 nitrogen and oxygen atoms in total.